The lowest BCUT2D eigenvalue weighted by molar-refractivity contribution is 0.0951. The lowest BCUT2D eigenvalue weighted by atomic mass is 10.2. The molecule has 2 heterocycles. The normalized spacial score (nSPS) is 24.9. The molecule has 0 radical (unpaired) electrons. The molecule has 1 amide bonds. The average molecular weight is 309 g/mol. The van der Waals surface area contributed by atoms with Crippen LogP contribution in [0.5, 0.6) is 0 Å². The standard InChI is InChI=1S/C14H23N5OS/c1-14(2)8-9(14)16-12(20)10-11(15)17-13(21-10)19-6-4-18(3)5-7-19/h9H,4-8,15H2,1-3H3,(H,16,20). The van der Waals surface area contributed by atoms with Crippen LogP contribution in [0.2, 0.25) is 0 Å². The Kier molecular flexibility index (Phi) is 3.57. The Morgan fingerprint density at radius 1 is 1.38 bits per heavy atom. The van der Waals surface area contributed by atoms with Crippen LogP contribution in [0.15, 0.2) is 0 Å². The number of rotatable bonds is 3. The van der Waals surface area contributed by atoms with E-state index in [-0.39, 0.29) is 17.4 Å². The van der Waals surface area contributed by atoms with Gasteiger partial charge in [0, 0.05) is 32.2 Å². The second-order valence-electron chi connectivity index (χ2n) is 6.72. The molecule has 2 fully saturated rings. The number of likely N-dealkylation sites (N-methyl/N-ethyl adjacent to an activating group) is 1. The SMILES string of the molecule is CN1CCN(c2nc(N)c(C(=O)NC3CC3(C)C)s2)CC1. The highest BCUT2D eigenvalue weighted by Gasteiger charge is 2.46. The highest BCUT2D eigenvalue weighted by Crippen LogP contribution is 2.45. The Balaban J connectivity index is 1.68. The second kappa shape index (κ2) is 5.14. The van der Waals surface area contributed by atoms with Gasteiger partial charge in [-0.25, -0.2) is 4.98 Å². The number of nitrogens with zero attached hydrogens (tertiary/aromatic N) is 3. The molecule has 1 aromatic heterocycles. The van der Waals surface area contributed by atoms with Gasteiger partial charge in [-0.15, -0.1) is 0 Å². The number of anilines is 2. The van der Waals surface area contributed by atoms with Crippen LogP contribution >= 0.6 is 11.3 Å². The Bertz CT molecular complexity index is 548. The van der Waals surface area contributed by atoms with Crippen molar-refractivity contribution in [3.05, 3.63) is 4.88 Å². The fraction of sp³-hybridized carbons (Fsp3) is 0.714. The van der Waals surface area contributed by atoms with Crippen molar-refractivity contribution in [1.82, 2.24) is 15.2 Å². The minimum atomic E-state index is -0.0825. The van der Waals surface area contributed by atoms with Crippen molar-refractivity contribution in [3.63, 3.8) is 0 Å². The maximum absolute atomic E-state index is 12.3. The van der Waals surface area contributed by atoms with Gasteiger partial charge in [0.05, 0.1) is 0 Å². The maximum atomic E-state index is 12.3. The van der Waals surface area contributed by atoms with Crippen molar-refractivity contribution in [2.45, 2.75) is 26.3 Å². The van der Waals surface area contributed by atoms with Gasteiger partial charge in [-0.3, -0.25) is 4.79 Å². The number of carbonyl (C=O) groups excluding carboxylic acids is 1. The van der Waals surface area contributed by atoms with E-state index >= 15 is 0 Å². The number of piperazine rings is 1. The van der Waals surface area contributed by atoms with Crippen LogP contribution in [0.25, 0.3) is 0 Å². The minimum Gasteiger partial charge on any atom is -0.382 e. The maximum Gasteiger partial charge on any atom is 0.265 e. The van der Waals surface area contributed by atoms with Gasteiger partial charge in [-0.2, -0.15) is 0 Å². The third-order valence-corrected chi connectivity index (χ3v) is 5.57. The first-order valence-corrected chi connectivity index (χ1v) is 8.19. The highest BCUT2D eigenvalue weighted by molar-refractivity contribution is 7.18. The molecule has 1 aliphatic heterocycles. The summed E-state index contributed by atoms with van der Waals surface area (Å²) >= 11 is 1.40. The van der Waals surface area contributed by atoms with Gasteiger partial charge in [0.15, 0.2) is 5.13 Å². The number of aromatic nitrogens is 1. The van der Waals surface area contributed by atoms with Gasteiger partial charge in [-0.1, -0.05) is 25.2 Å². The zero-order valence-electron chi connectivity index (χ0n) is 12.8. The van der Waals surface area contributed by atoms with E-state index in [1.807, 2.05) is 0 Å². The summed E-state index contributed by atoms with van der Waals surface area (Å²) in [6.07, 6.45) is 1.03. The van der Waals surface area contributed by atoms with Crippen LogP contribution < -0.4 is 16.0 Å². The zero-order chi connectivity index (χ0) is 15.2. The summed E-state index contributed by atoms with van der Waals surface area (Å²) in [6.45, 7) is 8.20. The topological polar surface area (TPSA) is 74.5 Å². The van der Waals surface area contributed by atoms with E-state index in [9.17, 15) is 4.79 Å². The number of nitrogens with one attached hydrogen (secondary N) is 1. The molecule has 7 heteroatoms. The van der Waals surface area contributed by atoms with Crippen LogP contribution in [0, 0.1) is 5.41 Å². The molecule has 1 saturated heterocycles. The summed E-state index contributed by atoms with van der Waals surface area (Å²) < 4.78 is 0. The van der Waals surface area contributed by atoms with E-state index in [4.69, 9.17) is 5.73 Å². The Hall–Kier alpha value is -1.34. The summed E-state index contributed by atoms with van der Waals surface area (Å²) in [4.78, 5) is 21.7. The van der Waals surface area contributed by atoms with Crippen LogP contribution in [0.1, 0.15) is 29.9 Å². The molecule has 3 N–H and O–H groups in total. The molecular weight excluding hydrogens is 286 g/mol. The van der Waals surface area contributed by atoms with Gasteiger partial charge < -0.3 is 20.9 Å². The number of amides is 1. The fourth-order valence-electron chi connectivity index (χ4n) is 2.55. The fourth-order valence-corrected chi connectivity index (χ4v) is 3.49. The average Bonchev–Trinajstić information content (AvgIpc) is 2.83. The Labute approximate surface area is 129 Å². The van der Waals surface area contributed by atoms with Gasteiger partial charge in [0.25, 0.3) is 5.91 Å². The molecule has 0 spiro atoms. The van der Waals surface area contributed by atoms with E-state index in [1.54, 1.807) is 0 Å². The van der Waals surface area contributed by atoms with Crippen LogP contribution in [-0.2, 0) is 0 Å². The monoisotopic (exact) mass is 309 g/mol. The number of hydrogen-bond acceptors (Lipinski definition) is 6. The van der Waals surface area contributed by atoms with Crippen LogP contribution in [0.4, 0.5) is 10.9 Å². The molecule has 116 valence electrons. The van der Waals surface area contributed by atoms with Crippen LogP contribution in [0.3, 0.4) is 0 Å². The third kappa shape index (κ3) is 2.98. The largest absolute Gasteiger partial charge is 0.382 e. The predicted octanol–water partition coefficient (Wildman–Crippen LogP) is 1.01. The van der Waals surface area contributed by atoms with E-state index in [2.05, 4.69) is 41.0 Å². The lowest BCUT2D eigenvalue weighted by Gasteiger charge is -2.31. The number of nitrogens with two attached hydrogens (primary N) is 1. The third-order valence-electron chi connectivity index (χ3n) is 4.44. The van der Waals surface area contributed by atoms with Crippen LogP contribution in [-0.4, -0.2) is 55.1 Å². The van der Waals surface area contributed by atoms with Crippen molar-refractivity contribution in [1.29, 1.82) is 0 Å². The van der Waals surface area contributed by atoms with Gasteiger partial charge in [-0.05, 0) is 18.9 Å². The van der Waals surface area contributed by atoms with Crippen molar-refractivity contribution < 1.29 is 4.79 Å². The van der Waals surface area contributed by atoms with Crippen molar-refractivity contribution in [3.8, 4) is 0 Å². The summed E-state index contributed by atoms with van der Waals surface area (Å²) in [5.74, 6) is 0.269. The number of carbonyl (C=O) groups is 1. The molecular formula is C14H23N5OS. The molecule has 1 atom stereocenters. The first kappa shape index (κ1) is 14.6. The molecule has 1 unspecified atom stereocenters. The molecule has 2 aliphatic rings. The highest BCUT2D eigenvalue weighted by atomic mass is 32.1. The Morgan fingerprint density at radius 3 is 2.57 bits per heavy atom. The second-order valence-corrected chi connectivity index (χ2v) is 7.70. The summed E-state index contributed by atoms with van der Waals surface area (Å²) in [7, 11) is 2.11. The first-order valence-electron chi connectivity index (χ1n) is 7.37. The van der Waals surface area contributed by atoms with Gasteiger partial charge in [0.2, 0.25) is 0 Å². The van der Waals surface area contributed by atoms with E-state index in [0.29, 0.717) is 10.7 Å². The Morgan fingerprint density at radius 2 is 2.00 bits per heavy atom. The number of nitrogen functional groups attached to an aromatic ring is 1. The quantitative estimate of drug-likeness (QED) is 0.871. The summed E-state index contributed by atoms with van der Waals surface area (Å²) in [6, 6.07) is 0.263. The van der Waals surface area contributed by atoms with Crippen molar-refractivity contribution >= 4 is 28.2 Å². The van der Waals surface area contributed by atoms with E-state index < -0.39 is 0 Å². The van der Waals surface area contributed by atoms with Crippen molar-refractivity contribution in [2.24, 2.45) is 5.41 Å². The molecule has 1 aromatic rings. The molecule has 3 rings (SSSR count). The van der Waals surface area contributed by atoms with Crippen molar-refractivity contribution in [2.75, 3.05) is 43.9 Å². The molecule has 6 nitrogen and oxygen atoms in total. The first-order chi connectivity index (χ1) is 9.87. The summed E-state index contributed by atoms with van der Waals surface area (Å²) in [5, 5.41) is 3.91. The molecule has 0 bridgehead atoms. The molecule has 0 aromatic carbocycles. The number of thiazole rings is 1. The molecule has 21 heavy (non-hydrogen) atoms. The molecule has 1 aliphatic carbocycles. The van der Waals surface area contributed by atoms with Gasteiger partial charge in [0.1, 0.15) is 10.7 Å². The predicted molar refractivity (Wildman–Crippen MR) is 85.9 cm³/mol. The molecule has 1 saturated carbocycles. The zero-order valence-corrected chi connectivity index (χ0v) is 13.7. The lowest BCUT2D eigenvalue weighted by Crippen LogP contribution is -2.44. The van der Waals surface area contributed by atoms with E-state index in [1.165, 1.54) is 11.3 Å². The number of hydrogen-bond donors (Lipinski definition) is 2. The smallest absolute Gasteiger partial charge is 0.265 e. The van der Waals surface area contributed by atoms with E-state index in [0.717, 1.165) is 37.7 Å². The summed E-state index contributed by atoms with van der Waals surface area (Å²) in [5.41, 5.74) is 6.16. The van der Waals surface area contributed by atoms with Gasteiger partial charge >= 0.3 is 0 Å². The minimum absolute atomic E-state index is 0.0825.